The van der Waals surface area contributed by atoms with Gasteiger partial charge >= 0.3 is 0 Å². The minimum Gasteiger partial charge on any atom is -0.369 e. The van der Waals surface area contributed by atoms with Crippen molar-refractivity contribution in [1.29, 1.82) is 0 Å². The molecule has 0 aliphatic heterocycles. The highest BCUT2D eigenvalue weighted by Gasteiger charge is 2.55. The number of halogens is 1. The number of carbonyl (C=O) groups is 2. The van der Waals surface area contributed by atoms with Crippen molar-refractivity contribution < 1.29 is 9.59 Å². The molecule has 0 atom stereocenters. The summed E-state index contributed by atoms with van der Waals surface area (Å²) < 4.78 is 0. The maximum Gasteiger partial charge on any atom is 0.236 e. The van der Waals surface area contributed by atoms with E-state index in [4.69, 9.17) is 17.3 Å². The second-order valence-electron chi connectivity index (χ2n) is 6.28. The molecule has 6 nitrogen and oxygen atoms in total. The monoisotopic (exact) mass is 358 g/mol. The second kappa shape index (κ2) is 6.72. The molecule has 130 valence electrons. The van der Waals surface area contributed by atoms with E-state index in [1.807, 2.05) is 31.2 Å². The first-order valence-electron chi connectivity index (χ1n) is 7.97. The van der Waals surface area contributed by atoms with Crippen LogP contribution in [-0.4, -0.2) is 16.8 Å². The lowest BCUT2D eigenvalue weighted by molar-refractivity contribution is -0.135. The summed E-state index contributed by atoms with van der Waals surface area (Å²) >= 11 is 6.20. The minimum atomic E-state index is -1.01. The maximum atomic E-state index is 12.0. The Bertz CT molecular complexity index is 816. The summed E-state index contributed by atoms with van der Waals surface area (Å²) in [5, 5.41) is 6.56. The number of pyridine rings is 1. The van der Waals surface area contributed by atoms with Gasteiger partial charge in [-0.1, -0.05) is 17.7 Å². The quantitative estimate of drug-likeness (QED) is 0.691. The highest BCUT2D eigenvalue weighted by atomic mass is 35.5. The fraction of sp³-hybridized carbons (Fsp3) is 0.278. The van der Waals surface area contributed by atoms with Crippen molar-refractivity contribution in [1.82, 2.24) is 10.3 Å². The van der Waals surface area contributed by atoms with E-state index >= 15 is 0 Å². The van der Waals surface area contributed by atoms with Gasteiger partial charge in [0.05, 0.1) is 34.8 Å². The Morgan fingerprint density at radius 3 is 2.60 bits per heavy atom. The molecule has 1 fully saturated rings. The molecule has 25 heavy (non-hydrogen) atoms. The van der Waals surface area contributed by atoms with Crippen molar-refractivity contribution in [3.05, 3.63) is 52.8 Å². The molecule has 1 aromatic carbocycles. The number of nitrogens with two attached hydrogens (primary N) is 1. The number of amides is 2. The lowest BCUT2D eigenvalue weighted by atomic mass is 10.1. The Morgan fingerprint density at radius 2 is 2.04 bits per heavy atom. The van der Waals surface area contributed by atoms with Crippen molar-refractivity contribution in [2.24, 2.45) is 11.1 Å². The van der Waals surface area contributed by atoms with Crippen LogP contribution in [0.4, 0.5) is 11.4 Å². The fourth-order valence-electron chi connectivity index (χ4n) is 2.53. The van der Waals surface area contributed by atoms with Crippen LogP contribution in [-0.2, 0) is 16.1 Å². The molecule has 0 saturated heterocycles. The van der Waals surface area contributed by atoms with Crippen molar-refractivity contribution in [2.45, 2.75) is 26.3 Å². The van der Waals surface area contributed by atoms with Gasteiger partial charge in [-0.3, -0.25) is 14.6 Å². The van der Waals surface area contributed by atoms with Crippen LogP contribution in [0.1, 0.15) is 24.1 Å². The van der Waals surface area contributed by atoms with Gasteiger partial charge in [-0.05, 0) is 49.6 Å². The zero-order valence-corrected chi connectivity index (χ0v) is 14.6. The van der Waals surface area contributed by atoms with Crippen molar-refractivity contribution in [3.63, 3.8) is 0 Å². The third-order valence-corrected chi connectivity index (χ3v) is 4.63. The first-order chi connectivity index (χ1) is 11.9. The van der Waals surface area contributed by atoms with E-state index < -0.39 is 11.3 Å². The number of benzene rings is 1. The Hall–Kier alpha value is -2.60. The number of aromatic nitrogens is 1. The molecule has 7 heteroatoms. The number of nitrogens with zero attached hydrogens (tertiary/aromatic N) is 1. The van der Waals surface area contributed by atoms with E-state index in [1.54, 1.807) is 12.3 Å². The number of hydrogen-bond acceptors (Lipinski definition) is 4. The van der Waals surface area contributed by atoms with E-state index in [0.717, 1.165) is 16.9 Å². The molecule has 0 spiro atoms. The number of anilines is 2. The molecule has 1 aliphatic rings. The summed E-state index contributed by atoms with van der Waals surface area (Å²) in [7, 11) is 0. The van der Waals surface area contributed by atoms with E-state index in [9.17, 15) is 9.59 Å². The molecule has 4 N–H and O–H groups in total. The van der Waals surface area contributed by atoms with E-state index in [-0.39, 0.29) is 12.5 Å². The van der Waals surface area contributed by atoms with Gasteiger partial charge in [-0.2, -0.15) is 0 Å². The van der Waals surface area contributed by atoms with Gasteiger partial charge in [0, 0.05) is 0 Å². The van der Waals surface area contributed by atoms with Crippen LogP contribution in [0.25, 0.3) is 0 Å². The normalized spacial score (nSPS) is 14.6. The third kappa shape index (κ3) is 3.74. The standard InChI is InChI=1S/C18H19ClN4O2/c1-11-2-5-15(14(19)8-11)23-13-4-3-12(21-10-13)9-22-17(25)18(6-7-18)16(20)24/h2-5,8,10,23H,6-7,9H2,1H3,(H2,20,24)(H,22,25). The molecular formula is C18H19ClN4O2. The zero-order chi connectivity index (χ0) is 18.0. The van der Waals surface area contributed by atoms with Crippen LogP contribution in [0, 0.1) is 12.3 Å². The van der Waals surface area contributed by atoms with E-state index in [1.165, 1.54) is 0 Å². The van der Waals surface area contributed by atoms with E-state index in [2.05, 4.69) is 15.6 Å². The van der Waals surface area contributed by atoms with E-state index in [0.29, 0.717) is 23.6 Å². The molecule has 0 unspecified atom stereocenters. The predicted molar refractivity (Wildman–Crippen MR) is 96.4 cm³/mol. The summed E-state index contributed by atoms with van der Waals surface area (Å²) in [6.07, 6.45) is 2.70. The lowest BCUT2D eigenvalue weighted by Gasteiger charge is -2.12. The summed E-state index contributed by atoms with van der Waals surface area (Å²) in [5.41, 5.74) is 7.64. The fourth-order valence-corrected chi connectivity index (χ4v) is 2.81. The van der Waals surface area contributed by atoms with Gasteiger partial charge in [-0.15, -0.1) is 0 Å². The number of aryl methyl sites for hydroxylation is 1. The Labute approximate surface area is 150 Å². The molecule has 0 radical (unpaired) electrons. The van der Waals surface area contributed by atoms with Crippen molar-refractivity contribution >= 4 is 34.8 Å². The van der Waals surface area contributed by atoms with Crippen LogP contribution in [0.3, 0.4) is 0 Å². The smallest absolute Gasteiger partial charge is 0.236 e. The number of rotatable bonds is 6. The third-order valence-electron chi connectivity index (χ3n) is 4.31. The molecule has 1 aromatic heterocycles. The Morgan fingerprint density at radius 1 is 1.28 bits per heavy atom. The van der Waals surface area contributed by atoms with Crippen molar-refractivity contribution in [3.8, 4) is 0 Å². The molecular weight excluding hydrogens is 340 g/mol. The Balaban J connectivity index is 1.59. The highest BCUT2D eigenvalue weighted by Crippen LogP contribution is 2.45. The average Bonchev–Trinajstić information content (AvgIpc) is 3.38. The first kappa shape index (κ1) is 17.2. The SMILES string of the molecule is Cc1ccc(Nc2ccc(CNC(=O)C3(C(N)=O)CC3)nc2)c(Cl)c1. The molecule has 1 heterocycles. The molecule has 3 rings (SSSR count). The van der Waals surface area contributed by atoms with Crippen LogP contribution < -0.4 is 16.4 Å². The van der Waals surface area contributed by atoms with Gasteiger partial charge in [0.15, 0.2) is 0 Å². The number of carbonyl (C=O) groups excluding carboxylic acids is 2. The Kier molecular flexibility index (Phi) is 4.63. The second-order valence-corrected chi connectivity index (χ2v) is 6.68. The molecule has 2 amide bonds. The van der Waals surface area contributed by atoms with Gasteiger partial charge in [0.1, 0.15) is 5.41 Å². The van der Waals surface area contributed by atoms with Crippen LogP contribution in [0.15, 0.2) is 36.5 Å². The van der Waals surface area contributed by atoms with Crippen LogP contribution in [0.2, 0.25) is 5.02 Å². The summed E-state index contributed by atoms with van der Waals surface area (Å²) in [6, 6.07) is 9.41. The molecule has 2 aromatic rings. The van der Waals surface area contributed by atoms with Crippen molar-refractivity contribution in [2.75, 3.05) is 5.32 Å². The predicted octanol–water partition coefficient (Wildman–Crippen LogP) is 2.67. The average molecular weight is 359 g/mol. The van der Waals surface area contributed by atoms with Crippen LogP contribution >= 0.6 is 11.6 Å². The van der Waals surface area contributed by atoms with Crippen LogP contribution in [0.5, 0.6) is 0 Å². The first-order valence-corrected chi connectivity index (χ1v) is 8.35. The lowest BCUT2D eigenvalue weighted by Crippen LogP contribution is -2.40. The maximum absolute atomic E-state index is 12.0. The minimum absolute atomic E-state index is 0.249. The summed E-state index contributed by atoms with van der Waals surface area (Å²) in [4.78, 5) is 27.7. The number of hydrogen-bond donors (Lipinski definition) is 3. The van der Waals surface area contributed by atoms with Gasteiger partial charge in [-0.25, -0.2) is 0 Å². The summed E-state index contributed by atoms with van der Waals surface area (Å²) in [5.74, 6) is -0.886. The number of primary amides is 1. The molecule has 0 bridgehead atoms. The van der Waals surface area contributed by atoms with Gasteiger partial charge < -0.3 is 16.4 Å². The topological polar surface area (TPSA) is 97.1 Å². The number of nitrogens with one attached hydrogen (secondary N) is 2. The largest absolute Gasteiger partial charge is 0.369 e. The molecule has 1 aliphatic carbocycles. The summed E-state index contributed by atoms with van der Waals surface area (Å²) in [6.45, 7) is 2.23. The van der Waals surface area contributed by atoms with Gasteiger partial charge in [0.2, 0.25) is 11.8 Å². The zero-order valence-electron chi connectivity index (χ0n) is 13.8. The van der Waals surface area contributed by atoms with Gasteiger partial charge in [0.25, 0.3) is 0 Å². The highest BCUT2D eigenvalue weighted by molar-refractivity contribution is 6.33. The molecule has 1 saturated carbocycles.